The van der Waals surface area contributed by atoms with Gasteiger partial charge in [0.25, 0.3) is 0 Å². The first-order valence-electron chi connectivity index (χ1n) is 9.93. The molecule has 32 heavy (non-hydrogen) atoms. The smallest absolute Gasteiger partial charge is 0.315 e. The number of benzene rings is 2. The van der Waals surface area contributed by atoms with Crippen molar-refractivity contribution >= 4 is 24.1 Å². The van der Waals surface area contributed by atoms with Crippen LogP contribution in [0.1, 0.15) is 35.9 Å². The quantitative estimate of drug-likeness (QED) is 0.234. The summed E-state index contributed by atoms with van der Waals surface area (Å²) in [5.74, 6) is 0.846. The van der Waals surface area contributed by atoms with Gasteiger partial charge < -0.3 is 14.2 Å². The number of nitro benzene ring substituents is 1. The highest BCUT2D eigenvalue weighted by molar-refractivity contribution is 7.71. The van der Waals surface area contributed by atoms with Gasteiger partial charge in [0.15, 0.2) is 11.6 Å². The fourth-order valence-corrected chi connectivity index (χ4v) is 3.56. The van der Waals surface area contributed by atoms with Crippen LogP contribution in [0, 0.1) is 14.9 Å². The highest BCUT2D eigenvalue weighted by Crippen LogP contribution is 2.38. The Labute approximate surface area is 188 Å². The summed E-state index contributed by atoms with van der Waals surface area (Å²) >= 11 is 5.26. The van der Waals surface area contributed by atoms with Crippen LogP contribution in [0.5, 0.6) is 11.5 Å². The highest BCUT2D eigenvalue weighted by atomic mass is 32.1. The van der Waals surface area contributed by atoms with Crippen molar-refractivity contribution in [2.45, 2.75) is 25.6 Å². The number of hydrogen-bond donors (Lipinski definition) is 1. The van der Waals surface area contributed by atoms with Crippen molar-refractivity contribution in [2.75, 3.05) is 13.7 Å². The largest absolute Gasteiger partial charge is 0.493 e. The van der Waals surface area contributed by atoms with Crippen LogP contribution in [0.25, 0.3) is 0 Å². The average molecular weight is 455 g/mol. The molecule has 166 valence electrons. The lowest BCUT2D eigenvalue weighted by molar-refractivity contribution is -0.386. The molecule has 1 saturated heterocycles. The van der Waals surface area contributed by atoms with Crippen LogP contribution in [0.15, 0.2) is 47.6 Å². The molecule has 2 heterocycles. The van der Waals surface area contributed by atoms with Crippen LogP contribution in [0.4, 0.5) is 5.69 Å². The second-order valence-corrected chi connectivity index (χ2v) is 7.43. The van der Waals surface area contributed by atoms with E-state index in [2.05, 4.69) is 15.3 Å². The summed E-state index contributed by atoms with van der Waals surface area (Å²) in [5.41, 5.74) is 1.10. The summed E-state index contributed by atoms with van der Waals surface area (Å²) in [5, 5.41) is 23.0. The number of aromatic amines is 1. The third kappa shape index (κ3) is 4.68. The molecular formula is C21H21N5O5S. The molecule has 0 spiro atoms. The molecule has 4 rings (SSSR count). The first-order valence-corrected chi connectivity index (χ1v) is 10.3. The monoisotopic (exact) mass is 455 g/mol. The number of hydrogen-bond acceptors (Lipinski definition) is 8. The number of nitrogens with one attached hydrogen (secondary N) is 1. The van der Waals surface area contributed by atoms with Crippen molar-refractivity contribution in [3.05, 3.63) is 74.3 Å². The van der Waals surface area contributed by atoms with Crippen LogP contribution >= 0.6 is 12.2 Å². The minimum atomic E-state index is -0.512. The Morgan fingerprint density at radius 1 is 1.41 bits per heavy atom. The third-order valence-electron chi connectivity index (χ3n) is 4.92. The molecule has 1 fully saturated rings. The number of nitro groups is 1. The van der Waals surface area contributed by atoms with Gasteiger partial charge in [0.05, 0.1) is 18.2 Å². The third-order valence-corrected chi connectivity index (χ3v) is 5.18. The Kier molecular flexibility index (Phi) is 6.57. The lowest BCUT2D eigenvalue weighted by Crippen LogP contribution is -2.06. The van der Waals surface area contributed by atoms with Crippen LogP contribution in [0.3, 0.4) is 0 Å². The second-order valence-electron chi connectivity index (χ2n) is 7.05. The highest BCUT2D eigenvalue weighted by Gasteiger charge is 2.24. The van der Waals surface area contributed by atoms with Crippen molar-refractivity contribution in [3.63, 3.8) is 0 Å². The fraction of sp³-hybridized carbons (Fsp3) is 0.286. The van der Waals surface area contributed by atoms with Gasteiger partial charge in [-0.1, -0.05) is 30.3 Å². The van der Waals surface area contributed by atoms with E-state index in [4.69, 9.17) is 26.4 Å². The van der Waals surface area contributed by atoms with E-state index in [0.717, 1.165) is 18.4 Å². The summed E-state index contributed by atoms with van der Waals surface area (Å²) in [6.45, 7) is 0.822. The second kappa shape index (κ2) is 9.71. The van der Waals surface area contributed by atoms with E-state index in [9.17, 15) is 10.1 Å². The SMILES string of the molecule is COc1cc(/C=N\n2c(C3CCCO3)n[nH]c2=S)cc([N+](=O)[O-])c1OCc1ccccc1. The van der Waals surface area contributed by atoms with E-state index in [1.807, 2.05) is 30.3 Å². The van der Waals surface area contributed by atoms with Crippen molar-refractivity contribution in [1.82, 2.24) is 14.9 Å². The normalized spacial score (nSPS) is 15.8. The van der Waals surface area contributed by atoms with E-state index >= 15 is 0 Å². The van der Waals surface area contributed by atoms with Crippen LogP contribution in [0.2, 0.25) is 0 Å². The molecule has 3 aromatic rings. The van der Waals surface area contributed by atoms with Crippen molar-refractivity contribution in [3.8, 4) is 11.5 Å². The number of ether oxygens (including phenoxy) is 3. The molecule has 1 aliphatic rings. The zero-order valence-corrected chi connectivity index (χ0v) is 18.1. The minimum Gasteiger partial charge on any atom is -0.493 e. The zero-order chi connectivity index (χ0) is 22.5. The first-order chi connectivity index (χ1) is 15.6. The van der Waals surface area contributed by atoms with Gasteiger partial charge in [0, 0.05) is 18.2 Å². The summed E-state index contributed by atoms with van der Waals surface area (Å²) in [6, 6.07) is 12.4. The number of methoxy groups -OCH3 is 1. The molecule has 11 heteroatoms. The summed E-state index contributed by atoms with van der Waals surface area (Å²) in [7, 11) is 1.43. The van der Waals surface area contributed by atoms with Gasteiger partial charge in [-0.15, -0.1) is 0 Å². The summed E-state index contributed by atoms with van der Waals surface area (Å²) < 4.78 is 18.6. The maximum absolute atomic E-state index is 11.7. The maximum Gasteiger partial charge on any atom is 0.315 e. The van der Waals surface area contributed by atoms with Crippen LogP contribution < -0.4 is 9.47 Å². The van der Waals surface area contributed by atoms with E-state index < -0.39 is 4.92 Å². The first kappa shape index (κ1) is 21.7. The molecule has 1 unspecified atom stereocenters. The van der Waals surface area contributed by atoms with E-state index in [-0.39, 0.29) is 29.9 Å². The zero-order valence-electron chi connectivity index (χ0n) is 17.3. The van der Waals surface area contributed by atoms with Crippen molar-refractivity contribution < 1.29 is 19.1 Å². The molecular weight excluding hydrogens is 434 g/mol. The average Bonchev–Trinajstić information content (AvgIpc) is 3.46. The van der Waals surface area contributed by atoms with Crippen LogP contribution in [-0.4, -0.2) is 39.7 Å². The van der Waals surface area contributed by atoms with Gasteiger partial charge in [0.2, 0.25) is 10.5 Å². The summed E-state index contributed by atoms with van der Waals surface area (Å²) in [4.78, 5) is 11.2. The number of aromatic nitrogens is 3. The molecule has 1 aromatic heterocycles. The minimum absolute atomic E-state index is 0.0541. The molecule has 0 aliphatic carbocycles. The van der Waals surface area contributed by atoms with Gasteiger partial charge in [-0.05, 0) is 36.7 Å². The van der Waals surface area contributed by atoms with Gasteiger partial charge in [-0.3, -0.25) is 15.2 Å². The Balaban J connectivity index is 1.64. The molecule has 0 amide bonds. The number of nitrogens with zero attached hydrogens (tertiary/aromatic N) is 4. The van der Waals surface area contributed by atoms with Crippen molar-refractivity contribution in [1.29, 1.82) is 0 Å². The lowest BCUT2D eigenvalue weighted by Gasteiger charge is -2.12. The molecule has 1 aliphatic heterocycles. The predicted molar refractivity (Wildman–Crippen MR) is 119 cm³/mol. The predicted octanol–water partition coefficient (Wildman–Crippen LogP) is 4.17. The molecule has 10 nitrogen and oxygen atoms in total. The molecule has 0 radical (unpaired) electrons. The molecule has 1 N–H and O–H groups in total. The van der Waals surface area contributed by atoms with Gasteiger partial charge >= 0.3 is 5.69 Å². The van der Waals surface area contributed by atoms with Crippen LogP contribution in [-0.2, 0) is 11.3 Å². The van der Waals surface area contributed by atoms with Gasteiger partial charge in [-0.2, -0.15) is 14.9 Å². The number of rotatable bonds is 8. The standard InChI is InChI=1S/C21H21N5O5S/c1-29-18-11-15(12-22-25-20(23-24-21(25)32)17-8-5-9-30-17)10-16(26(27)28)19(18)31-13-14-6-3-2-4-7-14/h2-4,6-7,10-12,17H,5,8-9,13H2,1H3,(H,24,32)/b22-12-. The van der Waals surface area contributed by atoms with E-state index in [1.54, 1.807) is 6.07 Å². The Bertz CT molecular complexity index is 1190. The van der Waals surface area contributed by atoms with Crippen molar-refractivity contribution in [2.24, 2.45) is 5.10 Å². The Morgan fingerprint density at radius 3 is 2.91 bits per heavy atom. The van der Waals surface area contributed by atoms with Gasteiger partial charge in [0.1, 0.15) is 12.7 Å². The lowest BCUT2D eigenvalue weighted by atomic mass is 10.1. The molecule has 2 aromatic carbocycles. The summed E-state index contributed by atoms with van der Waals surface area (Å²) in [6.07, 6.45) is 3.02. The molecule has 0 saturated carbocycles. The van der Waals surface area contributed by atoms with E-state index in [1.165, 1.54) is 24.1 Å². The molecule has 0 bridgehead atoms. The Morgan fingerprint density at radius 2 is 2.22 bits per heavy atom. The fourth-order valence-electron chi connectivity index (χ4n) is 3.37. The van der Waals surface area contributed by atoms with Gasteiger partial charge in [-0.25, -0.2) is 0 Å². The number of H-pyrrole nitrogens is 1. The maximum atomic E-state index is 11.7. The molecule has 1 atom stereocenters. The topological polar surface area (TPSA) is 117 Å². The van der Waals surface area contributed by atoms with E-state index in [0.29, 0.717) is 22.8 Å². The Hall–Kier alpha value is -3.57.